The zero-order valence-corrected chi connectivity index (χ0v) is 12.0. The van der Waals surface area contributed by atoms with Crippen LogP contribution in [0.3, 0.4) is 0 Å². The largest absolute Gasteiger partial charge is 0.378 e. The predicted molar refractivity (Wildman–Crippen MR) is 78.9 cm³/mol. The molecule has 0 bridgehead atoms. The topological polar surface area (TPSA) is 49.3 Å². The van der Waals surface area contributed by atoms with Crippen LogP contribution in [-0.4, -0.2) is 11.0 Å². The molecule has 0 radical (unpaired) electrons. The summed E-state index contributed by atoms with van der Waals surface area (Å²) in [7, 11) is 0. The van der Waals surface area contributed by atoms with E-state index in [1.54, 1.807) is 24.3 Å². The molecule has 0 saturated carbocycles. The van der Waals surface area contributed by atoms with Crippen molar-refractivity contribution < 1.29 is 9.90 Å². The average Bonchev–Trinajstić information content (AvgIpc) is 2.41. The van der Waals surface area contributed by atoms with Crippen molar-refractivity contribution in [2.45, 2.75) is 13.0 Å². The number of hydrogen-bond acceptors (Lipinski definition) is 2. The number of aliphatic hydroxyl groups is 1. The summed E-state index contributed by atoms with van der Waals surface area (Å²) in [6.45, 7) is 1.96. The quantitative estimate of drug-likeness (QED) is 0.910. The van der Waals surface area contributed by atoms with Crippen LogP contribution in [-0.2, 0) is 4.79 Å². The Kier molecular flexibility index (Phi) is 4.35. The molecule has 0 aliphatic carbocycles. The summed E-state index contributed by atoms with van der Waals surface area (Å²) in [6, 6.07) is 14.4. The number of amides is 1. The van der Waals surface area contributed by atoms with E-state index in [4.69, 9.17) is 0 Å². The first-order valence-corrected chi connectivity index (χ1v) is 6.66. The maximum Gasteiger partial charge on any atom is 0.257 e. The number of rotatable bonds is 3. The molecule has 0 aliphatic heterocycles. The molecule has 2 rings (SSSR count). The average molecular weight is 320 g/mol. The number of halogens is 1. The molecule has 19 heavy (non-hydrogen) atoms. The van der Waals surface area contributed by atoms with E-state index in [9.17, 15) is 9.90 Å². The van der Waals surface area contributed by atoms with Gasteiger partial charge in [-0.3, -0.25) is 4.79 Å². The molecular formula is C15H14BrNO2. The lowest BCUT2D eigenvalue weighted by molar-refractivity contribution is -0.124. The lowest BCUT2D eigenvalue weighted by atomic mass is 10.1. The van der Waals surface area contributed by atoms with Crippen LogP contribution in [0.15, 0.2) is 53.0 Å². The Morgan fingerprint density at radius 3 is 2.26 bits per heavy atom. The van der Waals surface area contributed by atoms with Gasteiger partial charge < -0.3 is 10.4 Å². The van der Waals surface area contributed by atoms with E-state index in [0.29, 0.717) is 11.3 Å². The first kappa shape index (κ1) is 13.8. The Hall–Kier alpha value is -1.65. The van der Waals surface area contributed by atoms with Gasteiger partial charge in [-0.2, -0.15) is 0 Å². The van der Waals surface area contributed by atoms with Crippen molar-refractivity contribution in [1.82, 2.24) is 0 Å². The molecule has 1 atom stereocenters. The fourth-order valence-corrected chi connectivity index (χ4v) is 1.91. The maximum atomic E-state index is 11.9. The van der Waals surface area contributed by atoms with E-state index in [0.717, 1.165) is 10.0 Å². The van der Waals surface area contributed by atoms with Crippen molar-refractivity contribution >= 4 is 27.5 Å². The minimum absolute atomic E-state index is 0.439. The number of carbonyl (C=O) groups excluding carboxylic acids is 1. The molecule has 4 heteroatoms. The number of hydrogen-bond donors (Lipinski definition) is 2. The fraction of sp³-hybridized carbons (Fsp3) is 0.133. The number of aliphatic hydroxyl groups excluding tert-OH is 1. The van der Waals surface area contributed by atoms with Crippen LogP contribution in [0.2, 0.25) is 0 Å². The Balaban J connectivity index is 2.07. The second-order valence-corrected chi connectivity index (χ2v) is 5.23. The predicted octanol–water partition coefficient (Wildman–Crippen LogP) is 3.43. The summed E-state index contributed by atoms with van der Waals surface area (Å²) < 4.78 is 0.935. The van der Waals surface area contributed by atoms with Crippen molar-refractivity contribution in [2.24, 2.45) is 0 Å². The molecule has 2 aromatic rings. The van der Waals surface area contributed by atoms with Crippen LogP contribution in [0.4, 0.5) is 5.69 Å². The second kappa shape index (κ2) is 5.99. The van der Waals surface area contributed by atoms with Gasteiger partial charge in [0.25, 0.3) is 5.91 Å². The Morgan fingerprint density at radius 1 is 1.11 bits per heavy atom. The lowest BCUT2D eigenvalue weighted by Gasteiger charge is -2.12. The molecular weight excluding hydrogens is 306 g/mol. The minimum Gasteiger partial charge on any atom is -0.378 e. The van der Waals surface area contributed by atoms with Crippen LogP contribution < -0.4 is 5.32 Å². The number of nitrogens with one attached hydrogen (secondary N) is 1. The van der Waals surface area contributed by atoms with Gasteiger partial charge in [0.2, 0.25) is 0 Å². The van der Waals surface area contributed by atoms with Gasteiger partial charge in [-0.25, -0.2) is 0 Å². The maximum absolute atomic E-state index is 11.9. The molecule has 0 aliphatic rings. The first-order chi connectivity index (χ1) is 9.06. The molecule has 0 aromatic heterocycles. The van der Waals surface area contributed by atoms with E-state index in [2.05, 4.69) is 21.2 Å². The normalized spacial score (nSPS) is 11.9. The van der Waals surface area contributed by atoms with Gasteiger partial charge in [-0.05, 0) is 36.8 Å². The fourth-order valence-electron chi connectivity index (χ4n) is 1.64. The molecule has 0 saturated heterocycles. The molecule has 0 heterocycles. The van der Waals surface area contributed by atoms with Gasteiger partial charge in [0.15, 0.2) is 6.10 Å². The van der Waals surface area contributed by atoms with Crippen LogP contribution in [0.25, 0.3) is 0 Å². The highest BCUT2D eigenvalue weighted by Crippen LogP contribution is 2.18. The van der Waals surface area contributed by atoms with Gasteiger partial charge in [-0.1, -0.05) is 45.8 Å². The number of anilines is 1. The van der Waals surface area contributed by atoms with Crippen molar-refractivity contribution in [2.75, 3.05) is 5.32 Å². The zero-order valence-electron chi connectivity index (χ0n) is 10.4. The Morgan fingerprint density at radius 2 is 1.68 bits per heavy atom. The second-order valence-electron chi connectivity index (χ2n) is 4.31. The molecule has 0 fully saturated rings. The van der Waals surface area contributed by atoms with Crippen molar-refractivity contribution in [3.63, 3.8) is 0 Å². The van der Waals surface area contributed by atoms with E-state index in [1.165, 1.54) is 0 Å². The molecule has 2 N–H and O–H groups in total. The molecule has 3 nitrogen and oxygen atoms in total. The highest BCUT2D eigenvalue weighted by molar-refractivity contribution is 9.10. The van der Waals surface area contributed by atoms with Gasteiger partial charge in [0.05, 0.1) is 0 Å². The summed E-state index contributed by atoms with van der Waals surface area (Å²) in [5.41, 5.74) is 2.32. The standard InChI is InChI=1S/C15H14BrNO2/c1-10-2-4-11(5-3-10)14(18)15(19)17-13-8-6-12(16)7-9-13/h2-9,14,18H,1H3,(H,17,19). The summed E-state index contributed by atoms with van der Waals surface area (Å²) in [4.78, 5) is 11.9. The summed E-state index contributed by atoms with van der Waals surface area (Å²) >= 11 is 3.32. The van der Waals surface area contributed by atoms with E-state index in [1.807, 2.05) is 31.2 Å². The van der Waals surface area contributed by atoms with Crippen LogP contribution >= 0.6 is 15.9 Å². The van der Waals surface area contributed by atoms with Gasteiger partial charge in [0.1, 0.15) is 0 Å². The third-order valence-electron chi connectivity index (χ3n) is 2.75. The van der Waals surface area contributed by atoms with Crippen molar-refractivity contribution in [3.8, 4) is 0 Å². The monoisotopic (exact) mass is 319 g/mol. The summed E-state index contributed by atoms with van der Waals surface area (Å²) in [5, 5.41) is 12.6. The van der Waals surface area contributed by atoms with Crippen LogP contribution in [0.5, 0.6) is 0 Å². The SMILES string of the molecule is Cc1ccc(C(O)C(=O)Nc2ccc(Br)cc2)cc1. The van der Waals surface area contributed by atoms with Crippen molar-refractivity contribution in [3.05, 3.63) is 64.1 Å². The molecule has 2 aromatic carbocycles. The number of aryl methyl sites for hydroxylation is 1. The third-order valence-corrected chi connectivity index (χ3v) is 3.28. The highest BCUT2D eigenvalue weighted by atomic mass is 79.9. The van der Waals surface area contributed by atoms with E-state index in [-0.39, 0.29) is 0 Å². The zero-order chi connectivity index (χ0) is 13.8. The summed E-state index contributed by atoms with van der Waals surface area (Å²) in [5.74, 6) is -0.439. The first-order valence-electron chi connectivity index (χ1n) is 5.87. The van der Waals surface area contributed by atoms with E-state index < -0.39 is 12.0 Å². The van der Waals surface area contributed by atoms with E-state index >= 15 is 0 Å². The number of carbonyl (C=O) groups is 1. The molecule has 1 amide bonds. The Bertz CT molecular complexity index is 564. The minimum atomic E-state index is -1.16. The van der Waals surface area contributed by atoms with Gasteiger partial charge in [0, 0.05) is 10.2 Å². The van der Waals surface area contributed by atoms with Gasteiger partial charge >= 0.3 is 0 Å². The Labute approximate surface area is 120 Å². The molecule has 1 unspecified atom stereocenters. The lowest BCUT2D eigenvalue weighted by Crippen LogP contribution is -2.20. The highest BCUT2D eigenvalue weighted by Gasteiger charge is 2.17. The number of benzene rings is 2. The van der Waals surface area contributed by atoms with Crippen LogP contribution in [0.1, 0.15) is 17.2 Å². The van der Waals surface area contributed by atoms with Crippen molar-refractivity contribution in [1.29, 1.82) is 0 Å². The van der Waals surface area contributed by atoms with Gasteiger partial charge in [-0.15, -0.1) is 0 Å². The van der Waals surface area contributed by atoms with Crippen LogP contribution in [0, 0.1) is 6.92 Å². The molecule has 0 spiro atoms. The third kappa shape index (κ3) is 3.66. The molecule has 98 valence electrons. The summed E-state index contributed by atoms with van der Waals surface area (Å²) in [6.07, 6.45) is -1.16. The smallest absolute Gasteiger partial charge is 0.257 e.